The normalized spacial score (nSPS) is 23.4. The minimum Gasteiger partial charge on any atom is -0.391 e. The Morgan fingerprint density at radius 1 is 1.29 bits per heavy atom. The number of aliphatic hydroxyl groups excluding tert-OH is 2. The molecule has 0 radical (unpaired) electrons. The van der Waals surface area contributed by atoms with Crippen molar-refractivity contribution < 1.29 is 19.7 Å². The third-order valence-corrected chi connectivity index (χ3v) is 4.16. The predicted octanol–water partition coefficient (Wildman–Crippen LogP) is 2.09. The van der Waals surface area contributed by atoms with Gasteiger partial charge in [0.1, 0.15) is 0 Å². The van der Waals surface area contributed by atoms with E-state index < -0.39 is 12.2 Å². The van der Waals surface area contributed by atoms with Crippen LogP contribution in [0.3, 0.4) is 0 Å². The molecule has 4 nitrogen and oxygen atoms in total. The Morgan fingerprint density at radius 2 is 2.10 bits per heavy atom. The third-order valence-electron chi connectivity index (χ3n) is 4.16. The maximum Gasteiger partial charge on any atom is 0.0821 e. The number of rotatable bonds is 7. The SMILES string of the molecule is COCCOCC(O)CC1CCCc2ccccc2C1O. The second kappa shape index (κ2) is 8.49. The summed E-state index contributed by atoms with van der Waals surface area (Å²) in [6.45, 7) is 1.32. The molecule has 0 aromatic heterocycles. The van der Waals surface area contributed by atoms with Gasteiger partial charge in [0.2, 0.25) is 0 Å². The molecule has 2 N–H and O–H groups in total. The molecule has 3 atom stereocenters. The van der Waals surface area contributed by atoms with Gasteiger partial charge in [0.25, 0.3) is 0 Å². The smallest absolute Gasteiger partial charge is 0.0821 e. The second-order valence-electron chi connectivity index (χ2n) is 5.75. The van der Waals surface area contributed by atoms with Gasteiger partial charge in [-0.3, -0.25) is 0 Å². The van der Waals surface area contributed by atoms with Gasteiger partial charge in [-0.25, -0.2) is 0 Å². The number of hydrogen-bond acceptors (Lipinski definition) is 4. The van der Waals surface area contributed by atoms with Gasteiger partial charge in [0.15, 0.2) is 0 Å². The van der Waals surface area contributed by atoms with E-state index >= 15 is 0 Å². The number of aliphatic hydroxyl groups is 2. The van der Waals surface area contributed by atoms with E-state index in [0.717, 1.165) is 24.8 Å². The van der Waals surface area contributed by atoms with E-state index in [1.54, 1.807) is 7.11 Å². The summed E-state index contributed by atoms with van der Waals surface area (Å²) in [6.07, 6.45) is 2.54. The summed E-state index contributed by atoms with van der Waals surface area (Å²) in [6, 6.07) is 8.07. The molecule has 0 fully saturated rings. The topological polar surface area (TPSA) is 58.9 Å². The van der Waals surface area contributed by atoms with Crippen molar-refractivity contribution in [2.45, 2.75) is 37.9 Å². The van der Waals surface area contributed by atoms with Crippen molar-refractivity contribution >= 4 is 0 Å². The predicted molar refractivity (Wildman–Crippen MR) is 81.1 cm³/mol. The highest BCUT2D eigenvalue weighted by atomic mass is 16.5. The molecular weight excluding hydrogens is 268 g/mol. The van der Waals surface area contributed by atoms with Crippen LogP contribution in [0.15, 0.2) is 24.3 Å². The van der Waals surface area contributed by atoms with E-state index in [-0.39, 0.29) is 5.92 Å². The average molecular weight is 294 g/mol. The van der Waals surface area contributed by atoms with E-state index in [1.807, 2.05) is 18.2 Å². The largest absolute Gasteiger partial charge is 0.391 e. The zero-order chi connectivity index (χ0) is 15.1. The summed E-state index contributed by atoms with van der Waals surface area (Å²) in [5.74, 6) is 0.0923. The molecule has 0 bridgehead atoms. The Balaban J connectivity index is 1.88. The lowest BCUT2D eigenvalue weighted by atomic mass is 9.89. The van der Waals surface area contributed by atoms with Crippen LogP contribution in [0.5, 0.6) is 0 Å². The fourth-order valence-corrected chi connectivity index (χ4v) is 3.04. The first kappa shape index (κ1) is 16.4. The van der Waals surface area contributed by atoms with Gasteiger partial charge in [0.05, 0.1) is 32.0 Å². The number of methoxy groups -OCH3 is 1. The first-order valence-electron chi connectivity index (χ1n) is 7.73. The molecule has 0 aliphatic heterocycles. The lowest BCUT2D eigenvalue weighted by Crippen LogP contribution is -2.24. The number of ether oxygens (including phenoxy) is 2. The maximum atomic E-state index is 10.6. The van der Waals surface area contributed by atoms with Crippen molar-refractivity contribution in [1.29, 1.82) is 0 Å². The lowest BCUT2D eigenvalue weighted by molar-refractivity contribution is -0.00973. The highest BCUT2D eigenvalue weighted by Gasteiger charge is 2.27. The van der Waals surface area contributed by atoms with Gasteiger partial charge in [-0.2, -0.15) is 0 Å². The molecular formula is C17H26O4. The minimum absolute atomic E-state index is 0.0923. The van der Waals surface area contributed by atoms with E-state index in [4.69, 9.17) is 9.47 Å². The fourth-order valence-electron chi connectivity index (χ4n) is 3.04. The van der Waals surface area contributed by atoms with Gasteiger partial charge < -0.3 is 19.7 Å². The summed E-state index contributed by atoms with van der Waals surface area (Å²) in [5.41, 5.74) is 2.26. The quantitative estimate of drug-likeness (QED) is 0.597. The van der Waals surface area contributed by atoms with Crippen LogP contribution in [0, 0.1) is 5.92 Å². The molecule has 0 spiro atoms. The Morgan fingerprint density at radius 3 is 2.90 bits per heavy atom. The molecule has 0 saturated heterocycles. The maximum absolute atomic E-state index is 10.6. The standard InChI is InChI=1S/C17H26O4/c1-20-9-10-21-12-15(18)11-14-7-4-6-13-5-2-3-8-16(13)17(14)19/h2-3,5,8,14-15,17-19H,4,6-7,9-12H2,1H3. The Hall–Kier alpha value is -0.940. The first-order valence-corrected chi connectivity index (χ1v) is 7.73. The second-order valence-corrected chi connectivity index (χ2v) is 5.75. The monoisotopic (exact) mass is 294 g/mol. The van der Waals surface area contributed by atoms with Crippen LogP contribution in [0.1, 0.15) is 36.5 Å². The van der Waals surface area contributed by atoms with Gasteiger partial charge in [0, 0.05) is 7.11 Å². The molecule has 0 heterocycles. The van der Waals surface area contributed by atoms with Gasteiger partial charge in [-0.15, -0.1) is 0 Å². The van der Waals surface area contributed by atoms with Crippen LogP contribution >= 0.6 is 0 Å². The molecule has 0 saturated carbocycles. The van der Waals surface area contributed by atoms with E-state index in [9.17, 15) is 10.2 Å². The summed E-state index contributed by atoms with van der Waals surface area (Å²) in [4.78, 5) is 0. The van der Waals surface area contributed by atoms with E-state index in [0.29, 0.717) is 26.2 Å². The number of benzene rings is 1. The molecule has 2 rings (SSSR count). The zero-order valence-electron chi connectivity index (χ0n) is 12.7. The van der Waals surface area contributed by atoms with Crippen LogP contribution < -0.4 is 0 Å². The number of hydrogen-bond donors (Lipinski definition) is 2. The molecule has 1 aliphatic rings. The van der Waals surface area contributed by atoms with Crippen molar-refractivity contribution in [3.8, 4) is 0 Å². The van der Waals surface area contributed by atoms with Crippen LogP contribution in [-0.4, -0.2) is 43.2 Å². The Labute approximate surface area is 126 Å². The number of aryl methyl sites for hydroxylation is 1. The molecule has 3 unspecified atom stereocenters. The zero-order valence-corrected chi connectivity index (χ0v) is 12.7. The highest BCUT2D eigenvalue weighted by molar-refractivity contribution is 5.30. The van der Waals surface area contributed by atoms with Crippen molar-refractivity contribution in [2.75, 3.05) is 26.9 Å². The van der Waals surface area contributed by atoms with E-state index in [2.05, 4.69) is 6.07 Å². The third kappa shape index (κ3) is 4.78. The van der Waals surface area contributed by atoms with Gasteiger partial charge >= 0.3 is 0 Å². The fraction of sp³-hybridized carbons (Fsp3) is 0.647. The summed E-state index contributed by atoms with van der Waals surface area (Å²) >= 11 is 0. The summed E-state index contributed by atoms with van der Waals surface area (Å²) < 4.78 is 10.3. The summed E-state index contributed by atoms with van der Waals surface area (Å²) in [7, 11) is 1.62. The lowest BCUT2D eigenvalue weighted by Gasteiger charge is -2.24. The molecule has 4 heteroatoms. The van der Waals surface area contributed by atoms with Crippen LogP contribution in [0.2, 0.25) is 0 Å². The average Bonchev–Trinajstić information content (AvgIpc) is 2.64. The van der Waals surface area contributed by atoms with Crippen molar-refractivity contribution in [3.05, 3.63) is 35.4 Å². The van der Waals surface area contributed by atoms with Crippen LogP contribution in [-0.2, 0) is 15.9 Å². The van der Waals surface area contributed by atoms with Crippen molar-refractivity contribution in [2.24, 2.45) is 5.92 Å². The molecule has 118 valence electrons. The van der Waals surface area contributed by atoms with Crippen LogP contribution in [0.25, 0.3) is 0 Å². The molecule has 21 heavy (non-hydrogen) atoms. The highest BCUT2D eigenvalue weighted by Crippen LogP contribution is 2.35. The van der Waals surface area contributed by atoms with Crippen LogP contribution in [0.4, 0.5) is 0 Å². The minimum atomic E-state index is -0.535. The molecule has 1 aromatic rings. The molecule has 1 aliphatic carbocycles. The Kier molecular flexibility index (Phi) is 6.64. The first-order chi connectivity index (χ1) is 10.2. The molecule has 0 amide bonds. The number of fused-ring (bicyclic) bond motifs is 1. The Bertz CT molecular complexity index is 421. The van der Waals surface area contributed by atoms with E-state index in [1.165, 1.54) is 5.56 Å². The van der Waals surface area contributed by atoms with Gasteiger partial charge in [-0.05, 0) is 42.7 Å². The van der Waals surface area contributed by atoms with Crippen molar-refractivity contribution in [3.63, 3.8) is 0 Å². The molecule has 1 aromatic carbocycles. The van der Waals surface area contributed by atoms with Gasteiger partial charge in [-0.1, -0.05) is 24.3 Å². The van der Waals surface area contributed by atoms with Crippen molar-refractivity contribution in [1.82, 2.24) is 0 Å². The summed E-state index contributed by atoms with van der Waals surface area (Å²) in [5, 5.41) is 20.7.